The van der Waals surface area contributed by atoms with Crippen LogP contribution < -0.4 is 0 Å². The van der Waals surface area contributed by atoms with Gasteiger partial charge in [0.25, 0.3) is 0 Å². The molecule has 168 valence electrons. The van der Waals surface area contributed by atoms with Crippen molar-refractivity contribution in [3.8, 4) is 0 Å². The first-order valence-corrected chi connectivity index (χ1v) is 11.0. The summed E-state index contributed by atoms with van der Waals surface area (Å²) >= 11 is 0. The van der Waals surface area contributed by atoms with Gasteiger partial charge in [-0.25, -0.2) is 0 Å². The molecule has 4 fully saturated rings. The fraction of sp³-hybridized carbons (Fsp3) is 0.783. The van der Waals surface area contributed by atoms with Crippen LogP contribution in [0, 0.1) is 0 Å². The van der Waals surface area contributed by atoms with Gasteiger partial charge in [-0.15, -0.1) is 0 Å². The quantitative estimate of drug-likeness (QED) is 0.682. The lowest BCUT2D eigenvalue weighted by Crippen LogP contribution is -2.61. The molecular weight excluding hydrogens is 388 g/mol. The molecular formula is C23H34O7. The van der Waals surface area contributed by atoms with Crippen molar-refractivity contribution < 1.29 is 33.6 Å². The number of carbonyl (C=O) groups is 1. The van der Waals surface area contributed by atoms with Crippen LogP contribution in [0.3, 0.4) is 0 Å². The molecule has 0 aromatic heterocycles. The van der Waals surface area contributed by atoms with Gasteiger partial charge in [-0.3, -0.25) is 0 Å². The van der Waals surface area contributed by atoms with Gasteiger partial charge in [0.2, 0.25) is 0 Å². The van der Waals surface area contributed by atoms with Crippen LogP contribution in [0.15, 0.2) is 24.3 Å². The molecule has 4 saturated heterocycles. The van der Waals surface area contributed by atoms with Crippen molar-refractivity contribution in [1.82, 2.24) is 0 Å². The van der Waals surface area contributed by atoms with Crippen molar-refractivity contribution >= 4 is 6.29 Å². The Kier molecular flexibility index (Phi) is 6.49. The van der Waals surface area contributed by atoms with Crippen LogP contribution in [0.5, 0.6) is 0 Å². The first-order valence-electron chi connectivity index (χ1n) is 11.0. The summed E-state index contributed by atoms with van der Waals surface area (Å²) in [5, 5.41) is 10.8. The Balaban J connectivity index is 1.39. The molecule has 4 aliphatic heterocycles. The van der Waals surface area contributed by atoms with Gasteiger partial charge < -0.3 is 33.6 Å². The Labute approximate surface area is 178 Å². The third kappa shape index (κ3) is 4.71. The molecule has 0 spiro atoms. The molecule has 0 saturated carbocycles. The number of aliphatic hydroxyl groups excluding tert-OH is 1. The van der Waals surface area contributed by atoms with Crippen molar-refractivity contribution in [2.75, 3.05) is 6.61 Å². The van der Waals surface area contributed by atoms with Crippen LogP contribution in [-0.4, -0.2) is 72.6 Å². The number of fused-ring (bicyclic) bond motifs is 2. The van der Waals surface area contributed by atoms with E-state index in [9.17, 15) is 9.90 Å². The smallest absolute Gasteiger partial charge is 0.163 e. The van der Waals surface area contributed by atoms with Crippen LogP contribution in [0.4, 0.5) is 0 Å². The molecule has 0 bridgehead atoms. The Hall–Kier alpha value is -1.09. The maximum absolute atomic E-state index is 10.8. The van der Waals surface area contributed by atoms with E-state index in [4.69, 9.17) is 23.7 Å². The third-order valence-electron chi connectivity index (χ3n) is 6.65. The lowest BCUT2D eigenvalue weighted by atomic mass is 9.85. The minimum absolute atomic E-state index is 0.0525. The SMILES string of the molecule is C=C1CC(CCC=O)O[C@H](CC2OC3CC4OC(C)(C)OCC4OC3CC2O)C1=C. The molecule has 4 heterocycles. The van der Waals surface area contributed by atoms with E-state index >= 15 is 0 Å². The summed E-state index contributed by atoms with van der Waals surface area (Å²) in [6.45, 7) is 12.6. The zero-order valence-corrected chi connectivity index (χ0v) is 18.0. The molecule has 0 amide bonds. The van der Waals surface area contributed by atoms with Gasteiger partial charge in [0.1, 0.15) is 12.4 Å². The Morgan fingerprint density at radius 1 is 1.10 bits per heavy atom. The molecule has 7 unspecified atom stereocenters. The molecule has 0 radical (unpaired) electrons. The Morgan fingerprint density at radius 3 is 2.63 bits per heavy atom. The third-order valence-corrected chi connectivity index (χ3v) is 6.65. The van der Waals surface area contributed by atoms with Crippen molar-refractivity contribution in [1.29, 1.82) is 0 Å². The van der Waals surface area contributed by atoms with Crippen molar-refractivity contribution in [2.45, 2.75) is 107 Å². The molecule has 30 heavy (non-hydrogen) atoms. The van der Waals surface area contributed by atoms with Crippen molar-refractivity contribution in [3.05, 3.63) is 24.3 Å². The lowest BCUT2D eigenvalue weighted by Gasteiger charge is -2.51. The summed E-state index contributed by atoms with van der Waals surface area (Å²) in [5.41, 5.74) is 1.80. The number of aldehydes is 1. The highest BCUT2D eigenvalue weighted by Gasteiger charge is 2.49. The second kappa shape index (κ2) is 8.81. The molecule has 0 aliphatic carbocycles. The maximum atomic E-state index is 10.8. The summed E-state index contributed by atoms with van der Waals surface area (Å²) in [7, 11) is 0. The number of carbonyl (C=O) groups excluding carboxylic acids is 1. The van der Waals surface area contributed by atoms with E-state index in [1.54, 1.807) is 0 Å². The molecule has 0 aromatic rings. The number of aliphatic hydroxyl groups is 1. The van der Waals surface area contributed by atoms with E-state index in [1.807, 2.05) is 13.8 Å². The summed E-state index contributed by atoms with van der Waals surface area (Å²) in [4.78, 5) is 10.7. The molecule has 7 heteroatoms. The van der Waals surface area contributed by atoms with Gasteiger partial charge in [-0.1, -0.05) is 13.2 Å². The predicted octanol–water partition coefficient (Wildman–Crippen LogP) is 2.45. The van der Waals surface area contributed by atoms with Gasteiger partial charge in [-0.05, 0) is 37.8 Å². The van der Waals surface area contributed by atoms with Crippen molar-refractivity contribution in [3.63, 3.8) is 0 Å². The highest BCUT2D eigenvalue weighted by molar-refractivity contribution is 5.49. The number of hydrogen-bond acceptors (Lipinski definition) is 7. The van der Waals surface area contributed by atoms with Crippen LogP contribution in [0.25, 0.3) is 0 Å². The summed E-state index contributed by atoms with van der Waals surface area (Å²) in [5.74, 6) is -0.629. The van der Waals surface area contributed by atoms with E-state index in [2.05, 4.69) is 13.2 Å². The van der Waals surface area contributed by atoms with Gasteiger partial charge in [-0.2, -0.15) is 0 Å². The standard InChI is InChI=1S/C23H34O7/c1-13-8-15(6-5-7-24)27-17(14(13)2)10-18-16(25)9-19-20(28-18)11-21-22(29-19)12-26-23(3,4)30-21/h7,15-22,25H,1-2,5-6,8-12H2,3-4H3/t15?,16?,17-,18?,19?,20?,21?,22?/m1/s1. The van der Waals surface area contributed by atoms with E-state index < -0.39 is 11.9 Å². The monoisotopic (exact) mass is 422 g/mol. The first kappa shape index (κ1) is 22.1. The normalized spacial score (nSPS) is 43.6. The minimum atomic E-state index is -0.648. The average Bonchev–Trinajstić information content (AvgIpc) is 2.68. The van der Waals surface area contributed by atoms with Crippen LogP contribution in [-0.2, 0) is 28.5 Å². The molecule has 1 N–H and O–H groups in total. The van der Waals surface area contributed by atoms with Gasteiger partial charge >= 0.3 is 0 Å². The second-order valence-corrected chi connectivity index (χ2v) is 9.39. The fourth-order valence-electron chi connectivity index (χ4n) is 4.98. The second-order valence-electron chi connectivity index (χ2n) is 9.39. The van der Waals surface area contributed by atoms with E-state index in [0.29, 0.717) is 45.1 Å². The molecule has 0 aromatic carbocycles. The molecule has 7 nitrogen and oxygen atoms in total. The summed E-state index contributed by atoms with van der Waals surface area (Å²) < 4.78 is 30.4. The molecule has 8 atom stereocenters. The van der Waals surface area contributed by atoms with E-state index in [0.717, 1.165) is 17.4 Å². The maximum Gasteiger partial charge on any atom is 0.163 e. The van der Waals surface area contributed by atoms with Gasteiger partial charge in [0.15, 0.2) is 5.79 Å². The summed E-state index contributed by atoms with van der Waals surface area (Å²) in [6, 6.07) is 0. The minimum Gasteiger partial charge on any atom is -0.390 e. The van der Waals surface area contributed by atoms with Crippen molar-refractivity contribution in [2.24, 2.45) is 0 Å². The fourth-order valence-corrected chi connectivity index (χ4v) is 4.98. The number of hydrogen-bond donors (Lipinski definition) is 1. The highest BCUT2D eigenvalue weighted by atomic mass is 16.7. The topological polar surface area (TPSA) is 83.5 Å². The number of ether oxygens (including phenoxy) is 5. The predicted molar refractivity (Wildman–Crippen MR) is 109 cm³/mol. The largest absolute Gasteiger partial charge is 0.390 e. The van der Waals surface area contributed by atoms with E-state index in [1.165, 1.54) is 0 Å². The zero-order chi connectivity index (χ0) is 21.5. The lowest BCUT2D eigenvalue weighted by molar-refractivity contribution is -0.349. The van der Waals surface area contributed by atoms with Crippen LogP contribution in [0.2, 0.25) is 0 Å². The Morgan fingerprint density at radius 2 is 1.87 bits per heavy atom. The molecule has 4 aliphatic rings. The molecule has 4 rings (SSSR count). The first-order chi connectivity index (χ1) is 14.3. The van der Waals surface area contributed by atoms with E-state index in [-0.39, 0.29) is 42.7 Å². The van der Waals surface area contributed by atoms with Crippen LogP contribution in [0.1, 0.15) is 52.4 Å². The summed E-state index contributed by atoms with van der Waals surface area (Å²) in [6.07, 6.45) is 2.59. The van der Waals surface area contributed by atoms with Gasteiger partial charge in [0, 0.05) is 25.7 Å². The van der Waals surface area contributed by atoms with Gasteiger partial charge in [0.05, 0.1) is 49.3 Å². The number of rotatable bonds is 5. The Bertz CT molecular complexity index is 674. The zero-order valence-electron chi connectivity index (χ0n) is 18.0. The highest BCUT2D eigenvalue weighted by Crippen LogP contribution is 2.39. The van der Waals surface area contributed by atoms with Crippen LogP contribution >= 0.6 is 0 Å². The average molecular weight is 423 g/mol.